The third-order valence-corrected chi connectivity index (χ3v) is 5.47. The van der Waals surface area contributed by atoms with Crippen LogP contribution in [0, 0.1) is 17.8 Å². The van der Waals surface area contributed by atoms with Crippen molar-refractivity contribution in [3.63, 3.8) is 0 Å². The number of nitrogens with zero attached hydrogens (tertiary/aromatic N) is 1. The van der Waals surface area contributed by atoms with E-state index in [9.17, 15) is 14.7 Å². The molecule has 2 aliphatic heterocycles. The van der Waals surface area contributed by atoms with Crippen LogP contribution >= 0.6 is 0 Å². The predicted octanol–water partition coefficient (Wildman–Crippen LogP) is 2.28. The summed E-state index contributed by atoms with van der Waals surface area (Å²) in [5, 5.41) is 9.24. The van der Waals surface area contributed by atoms with E-state index < -0.39 is 5.97 Å². The Balaban J connectivity index is 1.69. The Morgan fingerprint density at radius 3 is 2.32 bits per heavy atom. The van der Waals surface area contributed by atoms with Gasteiger partial charge in [-0.15, -0.1) is 0 Å². The number of carbonyl (C=O) groups excluding carboxylic acids is 1. The normalized spacial score (nSPS) is 41.5. The van der Waals surface area contributed by atoms with Gasteiger partial charge in [0, 0.05) is 18.0 Å². The summed E-state index contributed by atoms with van der Waals surface area (Å²) in [6.45, 7) is 2.25. The van der Waals surface area contributed by atoms with Gasteiger partial charge in [-0.2, -0.15) is 0 Å². The number of hydrogen-bond donors (Lipinski definition) is 1. The molecule has 2 heterocycles. The van der Waals surface area contributed by atoms with Crippen molar-refractivity contribution in [2.24, 2.45) is 17.8 Å². The predicted molar refractivity (Wildman–Crippen MR) is 70.5 cm³/mol. The molecule has 19 heavy (non-hydrogen) atoms. The second-order valence-corrected chi connectivity index (χ2v) is 6.68. The number of carboxylic acids is 1. The number of carboxylic acid groups (broad SMARTS) is 1. The number of fused-ring (bicyclic) bond motifs is 2. The van der Waals surface area contributed by atoms with Crippen LogP contribution in [-0.4, -0.2) is 34.0 Å². The van der Waals surface area contributed by atoms with Crippen LogP contribution in [0.15, 0.2) is 0 Å². The Morgan fingerprint density at radius 2 is 1.74 bits per heavy atom. The van der Waals surface area contributed by atoms with Crippen LogP contribution in [0.4, 0.5) is 0 Å². The molecule has 3 rings (SSSR count). The molecule has 3 fully saturated rings. The maximum atomic E-state index is 12.7. The molecule has 0 aromatic heterocycles. The Hall–Kier alpha value is -1.06. The van der Waals surface area contributed by atoms with Crippen molar-refractivity contribution in [2.75, 3.05) is 0 Å². The van der Waals surface area contributed by atoms with E-state index in [1.165, 1.54) is 0 Å². The molecule has 1 amide bonds. The fourth-order valence-electron chi connectivity index (χ4n) is 4.32. The minimum absolute atomic E-state index is 0.0191. The summed E-state index contributed by atoms with van der Waals surface area (Å²) < 4.78 is 0. The molecular weight excluding hydrogens is 242 g/mol. The number of carbonyl (C=O) groups is 2. The molecule has 2 saturated heterocycles. The largest absolute Gasteiger partial charge is 0.481 e. The molecule has 4 heteroatoms. The Bertz CT molecular complexity index is 387. The highest BCUT2D eigenvalue weighted by Crippen LogP contribution is 2.44. The van der Waals surface area contributed by atoms with E-state index in [-0.39, 0.29) is 29.8 Å². The summed E-state index contributed by atoms with van der Waals surface area (Å²) in [4.78, 5) is 25.9. The number of rotatable bonds is 2. The topological polar surface area (TPSA) is 57.6 Å². The first kappa shape index (κ1) is 12.9. The lowest BCUT2D eigenvalue weighted by atomic mass is 9.82. The molecule has 0 aromatic rings. The van der Waals surface area contributed by atoms with Gasteiger partial charge in [-0.05, 0) is 50.9 Å². The van der Waals surface area contributed by atoms with E-state index in [2.05, 4.69) is 6.92 Å². The molecule has 0 aromatic carbocycles. The summed E-state index contributed by atoms with van der Waals surface area (Å²) in [5.74, 6) is 0.119. The van der Waals surface area contributed by atoms with Crippen molar-refractivity contribution in [3.8, 4) is 0 Å². The van der Waals surface area contributed by atoms with Gasteiger partial charge in [0.2, 0.25) is 5.91 Å². The third kappa shape index (κ3) is 2.15. The highest BCUT2D eigenvalue weighted by Gasteiger charge is 2.52. The lowest BCUT2D eigenvalue weighted by Gasteiger charge is -2.31. The lowest BCUT2D eigenvalue weighted by molar-refractivity contribution is -0.144. The summed E-state index contributed by atoms with van der Waals surface area (Å²) in [6.07, 6.45) is 6.83. The van der Waals surface area contributed by atoms with Gasteiger partial charge in [0.25, 0.3) is 0 Å². The van der Waals surface area contributed by atoms with Gasteiger partial charge in [0.15, 0.2) is 0 Å². The molecule has 3 unspecified atom stereocenters. The van der Waals surface area contributed by atoms with E-state index in [1.807, 2.05) is 4.90 Å². The number of aliphatic carboxylic acids is 1. The van der Waals surface area contributed by atoms with Crippen molar-refractivity contribution in [1.82, 2.24) is 4.90 Å². The molecule has 0 radical (unpaired) electrons. The van der Waals surface area contributed by atoms with Crippen LogP contribution in [0.2, 0.25) is 0 Å². The van der Waals surface area contributed by atoms with Crippen LogP contribution in [0.3, 0.4) is 0 Å². The zero-order chi connectivity index (χ0) is 13.6. The first-order valence-corrected chi connectivity index (χ1v) is 7.63. The minimum Gasteiger partial charge on any atom is -0.481 e. The van der Waals surface area contributed by atoms with E-state index in [1.54, 1.807) is 0 Å². The van der Waals surface area contributed by atoms with E-state index in [0.717, 1.165) is 44.4 Å². The average molecular weight is 265 g/mol. The number of hydrogen-bond acceptors (Lipinski definition) is 2. The van der Waals surface area contributed by atoms with Crippen molar-refractivity contribution in [2.45, 2.75) is 64.0 Å². The lowest BCUT2D eigenvalue weighted by Crippen LogP contribution is -2.42. The van der Waals surface area contributed by atoms with Crippen molar-refractivity contribution in [1.29, 1.82) is 0 Å². The molecule has 106 valence electrons. The fourth-order valence-corrected chi connectivity index (χ4v) is 4.32. The van der Waals surface area contributed by atoms with Gasteiger partial charge < -0.3 is 10.0 Å². The minimum atomic E-state index is -0.720. The molecule has 4 nitrogen and oxygen atoms in total. The van der Waals surface area contributed by atoms with Gasteiger partial charge >= 0.3 is 5.97 Å². The molecular formula is C15H23NO3. The summed E-state index contributed by atoms with van der Waals surface area (Å²) in [7, 11) is 0. The highest BCUT2D eigenvalue weighted by atomic mass is 16.4. The second kappa shape index (κ2) is 4.80. The number of amides is 1. The third-order valence-electron chi connectivity index (χ3n) is 5.47. The maximum absolute atomic E-state index is 12.7. The van der Waals surface area contributed by atoms with Crippen molar-refractivity contribution < 1.29 is 14.7 Å². The van der Waals surface area contributed by atoms with Gasteiger partial charge in [0.1, 0.15) is 0 Å². The monoisotopic (exact) mass is 265 g/mol. The second-order valence-electron chi connectivity index (χ2n) is 6.68. The molecule has 2 bridgehead atoms. The molecule has 1 N–H and O–H groups in total. The maximum Gasteiger partial charge on any atom is 0.308 e. The smallest absolute Gasteiger partial charge is 0.308 e. The van der Waals surface area contributed by atoms with Crippen LogP contribution in [0.25, 0.3) is 0 Å². The van der Waals surface area contributed by atoms with E-state index >= 15 is 0 Å². The quantitative estimate of drug-likeness (QED) is 0.833. The zero-order valence-corrected chi connectivity index (χ0v) is 11.5. The van der Waals surface area contributed by atoms with E-state index in [0.29, 0.717) is 6.42 Å². The molecule has 0 spiro atoms. The van der Waals surface area contributed by atoms with Crippen LogP contribution in [0.5, 0.6) is 0 Å². The first-order valence-electron chi connectivity index (χ1n) is 7.63. The molecule has 3 atom stereocenters. The van der Waals surface area contributed by atoms with Crippen LogP contribution in [-0.2, 0) is 9.59 Å². The summed E-state index contributed by atoms with van der Waals surface area (Å²) >= 11 is 0. The Kier molecular flexibility index (Phi) is 3.27. The Morgan fingerprint density at radius 1 is 1.05 bits per heavy atom. The van der Waals surface area contributed by atoms with Gasteiger partial charge in [-0.1, -0.05) is 6.92 Å². The van der Waals surface area contributed by atoms with Gasteiger partial charge in [-0.25, -0.2) is 0 Å². The van der Waals surface area contributed by atoms with Crippen molar-refractivity contribution in [3.05, 3.63) is 0 Å². The fraction of sp³-hybridized carbons (Fsp3) is 0.867. The average Bonchev–Trinajstić information content (AvgIpc) is 2.96. The zero-order valence-electron chi connectivity index (χ0n) is 11.5. The van der Waals surface area contributed by atoms with E-state index in [4.69, 9.17) is 0 Å². The standard InChI is InChI=1S/C15H23NO3/c1-9-2-4-10(5-3-9)14(17)16-11-6-7-13(16)12(8-11)15(18)19/h9-13H,2-8H2,1H3,(H,18,19). The van der Waals surface area contributed by atoms with Crippen molar-refractivity contribution >= 4 is 11.9 Å². The SMILES string of the molecule is CC1CCC(C(=O)N2C3CCC2C(C(=O)O)C3)CC1. The van der Waals surface area contributed by atoms with Crippen LogP contribution in [0.1, 0.15) is 51.9 Å². The van der Waals surface area contributed by atoms with Crippen LogP contribution < -0.4 is 0 Å². The summed E-state index contributed by atoms with van der Waals surface area (Å²) in [5.41, 5.74) is 0. The highest BCUT2D eigenvalue weighted by molar-refractivity contribution is 5.82. The van der Waals surface area contributed by atoms with Gasteiger partial charge in [-0.3, -0.25) is 9.59 Å². The summed E-state index contributed by atoms with van der Waals surface area (Å²) in [6, 6.07) is 0.187. The molecule has 1 aliphatic carbocycles. The first-order chi connectivity index (χ1) is 9.08. The van der Waals surface area contributed by atoms with Gasteiger partial charge in [0.05, 0.1) is 5.92 Å². The molecule has 1 saturated carbocycles. The molecule has 3 aliphatic rings. The Labute approximate surface area is 114 Å².